The fourth-order valence-corrected chi connectivity index (χ4v) is 2.49. The maximum absolute atomic E-state index is 12.4. The van der Waals surface area contributed by atoms with Gasteiger partial charge < -0.3 is 5.32 Å². The number of nitrogens with one attached hydrogen (secondary N) is 1. The van der Waals surface area contributed by atoms with E-state index in [9.17, 15) is 13.2 Å². The second kappa shape index (κ2) is 7.34. The van der Waals surface area contributed by atoms with Crippen LogP contribution in [0.1, 0.15) is 39.5 Å². The summed E-state index contributed by atoms with van der Waals surface area (Å²) < 4.78 is 37.1. The van der Waals surface area contributed by atoms with Crippen molar-refractivity contribution in [3.05, 3.63) is 0 Å². The van der Waals surface area contributed by atoms with Crippen LogP contribution in [0.25, 0.3) is 0 Å². The summed E-state index contributed by atoms with van der Waals surface area (Å²) in [7, 11) is 0. The van der Waals surface area contributed by atoms with Gasteiger partial charge in [-0.3, -0.25) is 4.90 Å². The predicted molar refractivity (Wildman–Crippen MR) is 67.6 cm³/mol. The zero-order chi connectivity index (χ0) is 13.6. The van der Waals surface area contributed by atoms with Crippen molar-refractivity contribution in [2.75, 3.05) is 26.2 Å². The second-order valence-corrected chi connectivity index (χ2v) is 5.53. The number of alkyl halides is 3. The van der Waals surface area contributed by atoms with Gasteiger partial charge in [-0.05, 0) is 39.2 Å². The molecular formula is C13H25F3N2. The number of hydrogen-bond acceptors (Lipinski definition) is 2. The molecule has 1 N–H and O–H groups in total. The summed E-state index contributed by atoms with van der Waals surface area (Å²) in [6.45, 7) is 4.87. The van der Waals surface area contributed by atoms with Crippen molar-refractivity contribution in [1.29, 1.82) is 0 Å². The van der Waals surface area contributed by atoms with Crippen LogP contribution in [0, 0.1) is 5.92 Å². The van der Waals surface area contributed by atoms with Crippen molar-refractivity contribution in [1.82, 2.24) is 10.2 Å². The van der Waals surface area contributed by atoms with Crippen molar-refractivity contribution in [3.8, 4) is 0 Å². The van der Waals surface area contributed by atoms with Gasteiger partial charge in [0.25, 0.3) is 0 Å². The first-order chi connectivity index (χ1) is 8.38. The molecule has 1 rings (SSSR count). The smallest absolute Gasteiger partial charge is 0.315 e. The van der Waals surface area contributed by atoms with E-state index in [2.05, 4.69) is 5.32 Å². The molecule has 108 valence electrons. The third kappa shape index (κ3) is 6.59. The Morgan fingerprint density at radius 3 is 2.33 bits per heavy atom. The molecule has 0 radical (unpaired) electrons. The normalized spacial score (nSPS) is 18.2. The highest BCUT2D eigenvalue weighted by atomic mass is 19.4. The molecule has 0 atom stereocenters. The zero-order valence-corrected chi connectivity index (χ0v) is 11.4. The van der Waals surface area contributed by atoms with Gasteiger partial charge in [-0.2, -0.15) is 13.2 Å². The Bertz CT molecular complexity index is 223. The molecule has 0 unspecified atom stereocenters. The summed E-state index contributed by atoms with van der Waals surface area (Å²) in [5.74, 6) is 0.736. The van der Waals surface area contributed by atoms with Gasteiger partial charge >= 0.3 is 6.18 Å². The molecule has 18 heavy (non-hydrogen) atoms. The van der Waals surface area contributed by atoms with Crippen LogP contribution in [0.4, 0.5) is 13.2 Å². The third-order valence-corrected chi connectivity index (χ3v) is 3.60. The molecule has 1 aliphatic carbocycles. The standard InChI is InChI=1S/C13H25F3N2/c1-11(2)18(10-13(14,15)16)8-7-17-9-12-5-3-4-6-12/h11-12,17H,3-10H2,1-2H3. The summed E-state index contributed by atoms with van der Waals surface area (Å²) in [6.07, 6.45) is 1.04. The van der Waals surface area contributed by atoms with E-state index in [0.29, 0.717) is 13.1 Å². The fraction of sp³-hybridized carbons (Fsp3) is 1.00. The largest absolute Gasteiger partial charge is 0.401 e. The van der Waals surface area contributed by atoms with Crippen molar-refractivity contribution in [2.24, 2.45) is 5.92 Å². The fourth-order valence-electron chi connectivity index (χ4n) is 2.49. The van der Waals surface area contributed by atoms with Crippen molar-refractivity contribution < 1.29 is 13.2 Å². The molecule has 0 aromatic carbocycles. The first-order valence-corrected chi connectivity index (χ1v) is 6.90. The Labute approximate surface area is 108 Å². The molecule has 5 heteroatoms. The van der Waals surface area contributed by atoms with Gasteiger partial charge in [0.1, 0.15) is 0 Å². The van der Waals surface area contributed by atoms with E-state index in [1.165, 1.54) is 30.6 Å². The summed E-state index contributed by atoms with van der Waals surface area (Å²) in [4.78, 5) is 1.47. The molecule has 0 bridgehead atoms. The highest BCUT2D eigenvalue weighted by Gasteiger charge is 2.31. The molecule has 1 aliphatic rings. The van der Waals surface area contributed by atoms with E-state index in [1.807, 2.05) is 13.8 Å². The number of halogens is 3. The Hall–Kier alpha value is -0.290. The summed E-state index contributed by atoms with van der Waals surface area (Å²) in [5, 5.41) is 3.29. The SMILES string of the molecule is CC(C)N(CCNCC1CCCC1)CC(F)(F)F. The third-order valence-electron chi connectivity index (χ3n) is 3.60. The van der Waals surface area contributed by atoms with Crippen LogP contribution < -0.4 is 5.32 Å². The number of nitrogens with zero attached hydrogens (tertiary/aromatic N) is 1. The molecule has 0 aromatic heterocycles. The first kappa shape index (κ1) is 15.8. The van der Waals surface area contributed by atoms with Crippen molar-refractivity contribution >= 4 is 0 Å². The van der Waals surface area contributed by atoms with Crippen LogP contribution >= 0.6 is 0 Å². The minimum absolute atomic E-state index is 0.0695. The quantitative estimate of drug-likeness (QED) is 0.713. The van der Waals surface area contributed by atoms with E-state index in [0.717, 1.165) is 12.5 Å². The maximum Gasteiger partial charge on any atom is 0.401 e. The van der Waals surface area contributed by atoms with Crippen LogP contribution in [-0.4, -0.2) is 43.3 Å². The zero-order valence-electron chi connectivity index (χ0n) is 11.4. The van der Waals surface area contributed by atoms with Crippen LogP contribution in [0.5, 0.6) is 0 Å². The Morgan fingerprint density at radius 1 is 1.22 bits per heavy atom. The molecule has 0 saturated heterocycles. The van der Waals surface area contributed by atoms with Gasteiger partial charge in [0, 0.05) is 19.1 Å². The molecule has 0 aliphatic heterocycles. The molecule has 2 nitrogen and oxygen atoms in total. The van der Waals surface area contributed by atoms with Crippen LogP contribution in [0.3, 0.4) is 0 Å². The van der Waals surface area contributed by atoms with Crippen LogP contribution in [0.2, 0.25) is 0 Å². The van der Waals surface area contributed by atoms with Gasteiger partial charge in [0.2, 0.25) is 0 Å². The molecule has 0 spiro atoms. The molecule has 0 amide bonds. The summed E-state index contributed by atoms with van der Waals surface area (Å²) >= 11 is 0. The lowest BCUT2D eigenvalue weighted by Crippen LogP contribution is -2.43. The van der Waals surface area contributed by atoms with Gasteiger partial charge in [-0.1, -0.05) is 12.8 Å². The maximum atomic E-state index is 12.4. The Morgan fingerprint density at radius 2 is 1.83 bits per heavy atom. The van der Waals surface area contributed by atoms with Crippen molar-refractivity contribution in [3.63, 3.8) is 0 Å². The summed E-state index contributed by atoms with van der Waals surface area (Å²) in [6, 6.07) is -0.0695. The molecular weight excluding hydrogens is 241 g/mol. The van der Waals surface area contributed by atoms with Gasteiger partial charge in [-0.15, -0.1) is 0 Å². The van der Waals surface area contributed by atoms with Gasteiger partial charge in [0.15, 0.2) is 0 Å². The molecule has 1 saturated carbocycles. The lowest BCUT2D eigenvalue weighted by atomic mass is 10.1. The monoisotopic (exact) mass is 266 g/mol. The van der Waals surface area contributed by atoms with Crippen LogP contribution in [-0.2, 0) is 0 Å². The predicted octanol–water partition coefficient (Wildman–Crippen LogP) is 3.04. The molecule has 0 heterocycles. The van der Waals surface area contributed by atoms with E-state index in [-0.39, 0.29) is 6.04 Å². The van der Waals surface area contributed by atoms with Gasteiger partial charge in [-0.25, -0.2) is 0 Å². The topological polar surface area (TPSA) is 15.3 Å². The number of hydrogen-bond donors (Lipinski definition) is 1. The lowest BCUT2D eigenvalue weighted by molar-refractivity contribution is -0.149. The van der Waals surface area contributed by atoms with Crippen molar-refractivity contribution in [2.45, 2.75) is 51.7 Å². The highest BCUT2D eigenvalue weighted by Crippen LogP contribution is 2.23. The van der Waals surface area contributed by atoms with Crippen LogP contribution in [0.15, 0.2) is 0 Å². The van der Waals surface area contributed by atoms with Gasteiger partial charge in [0.05, 0.1) is 6.54 Å². The average Bonchev–Trinajstić information content (AvgIpc) is 2.73. The lowest BCUT2D eigenvalue weighted by Gasteiger charge is -2.27. The second-order valence-electron chi connectivity index (χ2n) is 5.53. The molecule has 1 fully saturated rings. The average molecular weight is 266 g/mol. The van der Waals surface area contributed by atoms with E-state index in [4.69, 9.17) is 0 Å². The highest BCUT2D eigenvalue weighted by molar-refractivity contribution is 4.72. The Kier molecular flexibility index (Phi) is 6.43. The minimum atomic E-state index is -4.10. The number of rotatable bonds is 7. The van der Waals surface area contributed by atoms with E-state index in [1.54, 1.807) is 0 Å². The first-order valence-electron chi connectivity index (χ1n) is 6.90. The molecule has 0 aromatic rings. The minimum Gasteiger partial charge on any atom is -0.315 e. The Balaban J connectivity index is 2.16. The van der Waals surface area contributed by atoms with E-state index >= 15 is 0 Å². The van der Waals surface area contributed by atoms with E-state index < -0.39 is 12.7 Å². The summed E-state index contributed by atoms with van der Waals surface area (Å²) in [5.41, 5.74) is 0.